The summed E-state index contributed by atoms with van der Waals surface area (Å²) in [5, 5.41) is 11.3. The number of para-hydroxylation sites is 1. The Balaban J connectivity index is 2.46. The van der Waals surface area contributed by atoms with Gasteiger partial charge in [0.05, 0.1) is 6.04 Å². The molecule has 3 rings (SSSR count). The van der Waals surface area contributed by atoms with Gasteiger partial charge in [-0.25, -0.2) is 0 Å². The van der Waals surface area contributed by atoms with E-state index in [0.29, 0.717) is 10.3 Å². The minimum atomic E-state index is -4.49. The number of hydrogen-bond donors (Lipinski definition) is 2. The van der Waals surface area contributed by atoms with Crippen LogP contribution in [0, 0.1) is 5.21 Å². The van der Waals surface area contributed by atoms with E-state index in [9.17, 15) is 23.0 Å². The van der Waals surface area contributed by atoms with Gasteiger partial charge in [0.1, 0.15) is 5.25 Å². The Labute approximate surface area is 126 Å². The van der Waals surface area contributed by atoms with Crippen molar-refractivity contribution in [1.82, 2.24) is 4.73 Å². The summed E-state index contributed by atoms with van der Waals surface area (Å²) < 4.78 is 32.7. The van der Waals surface area contributed by atoms with Gasteiger partial charge < -0.3 is 15.7 Å². The van der Waals surface area contributed by atoms with Crippen LogP contribution in [0.25, 0.3) is 16.5 Å². The number of aromatic nitrogens is 1. The minimum absolute atomic E-state index is 0.0982. The predicted octanol–water partition coefficient (Wildman–Crippen LogP) is 1.02. The molecule has 1 aliphatic rings. The van der Waals surface area contributed by atoms with Gasteiger partial charge in [0.15, 0.2) is 5.43 Å². The van der Waals surface area contributed by atoms with Crippen molar-refractivity contribution in [3.63, 3.8) is 0 Å². The number of benzene rings is 1. The van der Waals surface area contributed by atoms with Crippen molar-refractivity contribution >= 4 is 26.6 Å². The number of pyridine rings is 1. The molecule has 1 aromatic carbocycles. The molecule has 1 aliphatic carbocycles. The second-order valence-electron chi connectivity index (χ2n) is 5.26. The third-order valence-corrected chi connectivity index (χ3v) is 5.01. The fourth-order valence-corrected chi connectivity index (χ4v) is 3.74. The molecule has 2 unspecified atom stereocenters. The number of fused-ring (bicyclic) bond motifs is 2. The van der Waals surface area contributed by atoms with E-state index in [-0.39, 0.29) is 27.6 Å². The second kappa shape index (κ2) is 4.67. The topological polar surface area (TPSA) is 125 Å². The van der Waals surface area contributed by atoms with Gasteiger partial charge in [-0.15, -0.1) is 0 Å². The largest absolute Gasteiger partial charge is 0.805 e. The molecule has 1 heterocycles. The average molecular weight is 321 g/mol. The zero-order chi connectivity index (χ0) is 16.2. The van der Waals surface area contributed by atoms with E-state index in [0.717, 1.165) is 0 Å². The standard InChI is InChI=1S/C14H13N2O5S/c1-7-6-10(22(19,20)21)12(15)13-11(7)14(17)8-4-2-3-5-9(8)16(13)18/h2-6,10,12H,15H2,1H3,(H,19,20,21)/q-1. The van der Waals surface area contributed by atoms with E-state index < -0.39 is 21.4 Å². The minimum Gasteiger partial charge on any atom is -0.805 e. The first-order valence-corrected chi connectivity index (χ1v) is 7.99. The smallest absolute Gasteiger partial charge is 0.273 e. The molecule has 0 saturated carbocycles. The maximum atomic E-state index is 12.6. The Kier molecular flexibility index (Phi) is 3.13. The van der Waals surface area contributed by atoms with Crippen LogP contribution in [-0.2, 0) is 10.1 Å². The first-order valence-electron chi connectivity index (χ1n) is 6.49. The molecule has 0 fully saturated rings. The number of hydrogen-bond acceptors (Lipinski definition) is 5. The molecule has 7 nitrogen and oxygen atoms in total. The van der Waals surface area contributed by atoms with Gasteiger partial charge in [0.2, 0.25) is 0 Å². The fourth-order valence-electron chi connectivity index (χ4n) is 2.87. The average Bonchev–Trinajstić information content (AvgIpc) is 2.45. The van der Waals surface area contributed by atoms with Gasteiger partial charge in [-0.2, -0.15) is 8.42 Å². The quantitative estimate of drug-likeness (QED) is 0.755. The lowest BCUT2D eigenvalue weighted by atomic mass is 9.90. The summed E-state index contributed by atoms with van der Waals surface area (Å²) in [5.41, 5.74) is 5.86. The zero-order valence-corrected chi connectivity index (χ0v) is 12.4. The first-order chi connectivity index (χ1) is 10.2. The third-order valence-electron chi connectivity index (χ3n) is 3.89. The lowest BCUT2D eigenvalue weighted by Crippen LogP contribution is -2.38. The second-order valence-corrected chi connectivity index (χ2v) is 6.83. The maximum absolute atomic E-state index is 12.6. The molecule has 2 aromatic rings. The van der Waals surface area contributed by atoms with Crippen molar-refractivity contribution in [3.05, 3.63) is 57.0 Å². The Morgan fingerprint density at radius 2 is 1.95 bits per heavy atom. The van der Waals surface area contributed by atoms with Crippen LogP contribution in [0.4, 0.5) is 0 Å². The van der Waals surface area contributed by atoms with Gasteiger partial charge in [0, 0.05) is 22.2 Å². The summed E-state index contributed by atoms with van der Waals surface area (Å²) in [6.45, 7) is 1.51. The third kappa shape index (κ3) is 1.96. The highest BCUT2D eigenvalue weighted by Gasteiger charge is 2.36. The van der Waals surface area contributed by atoms with Crippen molar-refractivity contribution in [3.8, 4) is 0 Å². The lowest BCUT2D eigenvalue weighted by Gasteiger charge is -2.33. The van der Waals surface area contributed by atoms with Crippen molar-refractivity contribution in [2.75, 3.05) is 0 Å². The fraction of sp³-hybridized carbons (Fsp3) is 0.214. The van der Waals surface area contributed by atoms with Crippen LogP contribution in [0.2, 0.25) is 0 Å². The van der Waals surface area contributed by atoms with Gasteiger partial charge in [-0.3, -0.25) is 9.35 Å². The summed E-state index contributed by atoms with van der Waals surface area (Å²) in [5.74, 6) is 0. The van der Waals surface area contributed by atoms with E-state index in [1.54, 1.807) is 12.1 Å². The summed E-state index contributed by atoms with van der Waals surface area (Å²) >= 11 is 0. The highest BCUT2D eigenvalue weighted by molar-refractivity contribution is 7.86. The Morgan fingerprint density at radius 1 is 1.32 bits per heavy atom. The van der Waals surface area contributed by atoms with E-state index in [2.05, 4.69) is 0 Å². The normalized spacial score (nSPS) is 21.5. The molecule has 1 aromatic heterocycles. The highest BCUT2D eigenvalue weighted by Crippen LogP contribution is 2.34. The molecule has 0 bridgehead atoms. The SMILES string of the molecule is CC1=CC(S(=O)(=O)O)C(N)c2c1c(=O)c1ccccc1n2[O-]. The highest BCUT2D eigenvalue weighted by atomic mass is 32.2. The molecular weight excluding hydrogens is 308 g/mol. The van der Waals surface area contributed by atoms with Crippen LogP contribution in [-0.4, -0.2) is 23.0 Å². The van der Waals surface area contributed by atoms with Crippen LogP contribution in [0.15, 0.2) is 35.1 Å². The number of rotatable bonds is 1. The van der Waals surface area contributed by atoms with Crippen LogP contribution < -0.4 is 11.2 Å². The van der Waals surface area contributed by atoms with Gasteiger partial charge in [-0.05, 0) is 24.6 Å². The molecule has 2 atom stereocenters. The molecule has 3 N–H and O–H groups in total. The molecule has 0 radical (unpaired) electrons. The van der Waals surface area contributed by atoms with Crippen molar-refractivity contribution < 1.29 is 13.0 Å². The molecule has 0 spiro atoms. The summed E-state index contributed by atoms with van der Waals surface area (Å²) in [6, 6.07) is 4.91. The summed E-state index contributed by atoms with van der Waals surface area (Å²) in [6.07, 6.45) is 1.21. The number of allylic oxidation sites excluding steroid dienone is 1. The number of nitrogens with two attached hydrogens (primary N) is 1. The Hall–Kier alpha value is -2.16. The van der Waals surface area contributed by atoms with E-state index in [1.807, 2.05) is 0 Å². The molecule has 116 valence electrons. The van der Waals surface area contributed by atoms with Crippen molar-refractivity contribution in [2.24, 2.45) is 5.73 Å². The van der Waals surface area contributed by atoms with Gasteiger partial charge >= 0.3 is 0 Å². The van der Waals surface area contributed by atoms with Gasteiger partial charge in [0.25, 0.3) is 10.1 Å². The number of nitrogens with zero attached hydrogens (tertiary/aromatic N) is 1. The van der Waals surface area contributed by atoms with E-state index >= 15 is 0 Å². The van der Waals surface area contributed by atoms with Crippen LogP contribution in [0.3, 0.4) is 0 Å². The van der Waals surface area contributed by atoms with Gasteiger partial charge in [-0.1, -0.05) is 18.2 Å². The van der Waals surface area contributed by atoms with Crippen LogP contribution >= 0.6 is 0 Å². The molecule has 0 aliphatic heterocycles. The predicted molar refractivity (Wildman–Crippen MR) is 82.9 cm³/mol. The van der Waals surface area contributed by atoms with E-state index in [1.165, 1.54) is 25.1 Å². The lowest BCUT2D eigenvalue weighted by molar-refractivity contribution is 0.463. The monoisotopic (exact) mass is 321 g/mol. The van der Waals surface area contributed by atoms with Crippen molar-refractivity contribution in [1.29, 1.82) is 0 Å². The summed E-state index contributed by atoms with van der Waals surface area (Å²) in [4.78, 5) is 12.6. The molecule has 0 amide bonds. The molecule has 22 heavy (non-hydrogen) atoms. The first kappa shape index (κ1) is 14.8. The van der Waals surface area contributed by atoms with E-state index in [4.69, 9.17) is 5.73 Å². The molecule has 0 saturated heterocycles. The van der Waals surface area contributed by atoms with Crippen LogP contribution in [0.1, 0.15) is 24.2 Å². The Bertz CT molecular complexity index is 975. The molecule has 8 heteroatoms. The maximum Gasteiger partial charge on any atom is 0.273 e. The zero-order valence-electron chi connectivity index (χ0n) is 11.6. The molecular formula is C14H13N2O5S-. The summed E-state index contributed by atoms with van der Waals surface area (Å²) in [7, 11) is -4.49. The Morgan fingerprint density at radius 3 is 2.59 bits per heavy atom. The van der Waals surface area contributed by atoms with Crippen molar-refractivity contribution in [2.45, 2.75) is 18.2 Å². The van der Waals surface area contributed by atoms with Crippen LogP contribution in [0.5, 0.6) is 0 Å².